The lowest BCUT2D eigenvalue weighted by Crippen LogP contribution is -2.09. The van der Waals surface area contributed by atoms with E-state index >= 15 is 0 Å². The predicted molar refractivity (Wildman–Crippen MR) is 123 cm³/mol. The Bertz CT molecular complexity index is 994. The summed E-state index contributed by atoms with van der Waals surface area (Å²) in [5.74, 6) is 1.38. The van der Waals surface area contributed by atoms with E-state index in [0.29, 0.717) is 28.3 Å². The number of nitrogens with zero attached hydrogens (tertiary/aromatic N) is 2. The van der Waals surface area contributed by atoms with E-state index in [2.05, 4.69) is 38.9 Å². The maximum absolute atomic E-state index is 9.21. The minimum Gasteiger partial charge on any atom is -0.487 e. The van der Waals surface area contributed by atoms with Crippen LogP contribution in [0, 0.1) is 6.92 Å². The Morgan fingerprint density at radius 2 is 1.77 bits per heavy atom. The van der Waals surface area contributed by atoms with Crippen molar-refractivity contribution in [3.8, 4) is 11.4 Å². The molecule has 2 aromatic carbocycles. The number of aromatic nitrogens is 2. The lowest BCUT2D eigenvalue weighted by molar-refractivity contribution is 0.278. The summed E-state index contributed by atoms with van der Waals surface area (Å²) >= 11 is 12.9. The van der Waals surface area contributed by atoms with E-state index < -0.39 is 0 Å². The van der Waals surface area contributed by atoms with Gasteiger partial charge in [-0.25, -0.2) is 4.68 Å². The van der Waals surface area contributed by atoms with Crippen LogP contribution < -0.4 is 4.74 Å². The normalized spacial score (nSPS) is 12.4. The van der Waals surface area contributed by atoms with Crippen molar-refractivity contribution in [3.05, 3.63) is 75.0 Å². The zero-order chi connectivity index (χ0) is 21.8. The van der Waals surface area contributed by atoms with Gasteiger partial charge in [0.1, 0.15) is 18.0 Å². The summed E-state index contributed by atoms with van der Waals surface area (Å²) in [4.78, 5) is 0. The lowest BCUT2D eigenvalue weighted by Gasteiger charge is -2.17. The van der Waals surface area contributed by atoms with Crippen molar-refractivity contribution in [1.29, 1.82) is 0 Å². The summed E-state index contributed by atoms with van der Waals surface area (Å²) in [6.45, 7) is 8.98. The molecule has 6 heteroatoms. The van der Waals surface area contributed by atoms with E-state index in [0.717, 1.165) is 29.0 Å². The quantitative estimate of drug-likeness (QED) is 0.419. The van der Waals surface area contributed by atoms with E-state index in [9.17, 15) is 5.11 Å². The molecule has 3 rings (SSSR count). The van der Waals surface area contributed by atoms with Crippen molar-refractivity contribution in [2.75, 3.05) is 6.61 Å². The van der Waals surface area contributed by atoms with Crippen molar-refractivity contribution in [1.82, 2.24) is 9.78 Å². The number of hydrogen-bond donors (Lipinski definition) is 1. The Labute approximate surface area is 188 Å². The first-order valence-corrected chi connectivity index (χ1v) is 10.9. The molecule has 1 aromatic heterocycles. The van der Waals surface area contributed by atoms with Gasteiger partial charge in [-0.05, 0) is 66.1 Å². The molecule has 1 atom stereocenters. The first-order chi connectivity index (χ1) is 14.3. The number of para-hydroxylation sites is 1. The SMILES string of the molecule is Cc1cc(OCc2c(C(C)C)cnn2-c2c(Cl)cccc2Cl)ccc1C(C)CCO. The molecular weight excluding hydrogens is 419 g/mol. The second-order valence-electron chi connectivity index (χ2n) is 7.90. The fourth-order valence-electron chi connectivity index (χ4n) is 3.69. The first kappa shape index (κ1) is 22.7. The third kappa shape index (κ3) is 4.83. The highest BCUT2D eigenvalue weighted by atomic mass is 35.5. The van der Waals surface area contributed by atoms with Gasteiger partial charge in [0.05, 0.1) is 21.9 Å². The monoisotopic (exact) mass is 446 g/mol. The number of benzene rings is 2. The highest BCUT2D eigenvalue weighted by molar-refractivity contribution is 6.37. The summed E-state index contributed by atoms with van der Waals surface area (Å²) in [5.41, 5.74) is 5.06. The Morgan fingerprint density at radius 1 is 1.07 bits per heavy atom. The van der Waals surface area contributed by atoms with Gasteiger partial charge in [0, 0.05) is 6.61 Å². The van der Waals surface area contributed by atoms with Crippen LogP contribution in [-0.4, -0.2) is 21.5 Å². The lowest BCUT2D eigenvalue weighted by atomic mass is 9.94. The summed E-state index contributed by atoms with van der Waals surface area (Å²) < 4.78 is 7.94. The Kier molecular flexibility index (Phi) is 7.45. The van der Waals surface area contributed by atoms with E-state index in [4.69, 9.17) is 27.9 Å². The smallest absolute Gasteiger partial charge is 0.131 e. The van der Waals surface area contributed by atoms with Crippen molar-refractivity contribution in [2.24, 2.45) is 0 Å². The fourth-order valence-corrected chi connectivity index (χ4v) is 4.25. The van der Waals surface area contributed by atoms with Crippen LogP contribution in [0.5, 0.6) is 5.75 Å². The van der Waals surface area contributed by atoms with Crippen LogP contribution in [0.3, 0.4) is 0 Å². The van der Waals surface area contributed by atoms with Crippen LogP contribution in [-0.2, 0) is 6.61 Å². The van der Waals surface area contributed by atoms with Crippen molar-refractivity contribution in [3.63, 3.8) is 0 Å². The fraction of sp³-hybridized carbons (Fsp3) is 0.375. The van der Waals surface area contributed by atoms with Gasteiger partial charge in [-0.3, -0.25) is 0 Å². The molecule has 4 nitrogen and oxygen atoms in total. The summed E-state index contributed by atoms with van der Waals surface area (Å²) in [6, 6.07) is 11.5. The number of ether oxygens (including phenoxy) is 1. The number of aryl methyl sites for hydroxylation is 1. The molecule has 1 heterocycles. The zero-order valence-electron chi connectivity index (χ0n) is 17.8. The zero-order valence-corrected chi connectivity index (χ0v) is 19.3. The molecule has 160 valence electrons. The highest BCUT2D eigenvalue weighted by Crippen LogP contribution is 2.32. The third-order valence-corrected chi connectivity index (χ3v) is 5.99. The maximum Gasteiger partial charge on any atom is 0.131 e. The van der Waals surface area contributed by atoms with E-state index in [-0.39, 0.29) is 12.5 Å². The van der Waals surface area contributed by atoms with Crippen molar-refractivity contribution < 1.29 is 9.84 Å². The number of aliphatic hydroxyl groups is 1. The molecule has 0 bridgehead atoms. The van der Waals surface area contributed by atoms with Gasteiger partial charge in [0.2, 0.25) is 0 Å². The predicted octanol–water partition coefficient (Wildman–Crippen LogP) is 6.68. The van der Waals surface area contributed by atoms with E-state index in [1.54, 1.807) is 16.8 Å². The molecule has 0 aliphatic rings. The number of halogens is 2. The average Bonchev–Trinajstić information content (AvgIpc) is 3.10. The molecule has 0 radical (unpaired) electrons. The summed E-state index contributed by atoms with van der Waals surface area (Å²) in [6.07, 6.45) is 2.60. The van der Waals surface area contributed by atoms with Crippen LogP contribution in [0.1, 0.15) is 61.4 Å². The number of rotatable bonds is 8. The van der Waals surface area contributed by atoms with Crippen LogP contribution >= 0.6 is 23.2 Å². The van der Waals surface area contributed by atoms with E-state index in [1.807, 2.05) is 24.4 Å². The van der Waals surface area contributed by atoms with Crippen LogP contribution in [0.2, 0.25) is 10.0 Å². The maximum atomic E-state index is 9.21. The van der Waals surface area contributed by atoms with Gasteiger partial charge in [0.15, 0.2) is 0 Å². The highest BCUT2D eigenvalue weighted by Gasteiger charge is 2.19. The number of hydrogen-bond acceptors (Lipinski definition) is 3. The van der Waals surface area contributed by atoms with Gasteiger partial charge in [-0.2, -0.15) is 5.10 Å². The molecule has 0 saturated heterocycles. The van der Waals surface area contributed by atoms with Crippen LogP contribution in [0.15, 0.2) is 42.6 Å². The molecule has 1 unspecified atom stereocenters. The van der Waals surface area contributed by atoms with Gasteiger partial charge in [-0.15, -0.1) is 0 Å². The molecule has 3 aromatic rings. The van der Waals surface area contributed by atoms with Crippen molar-refractivity contribution >= 4 is 23.2 Å². The molecule has 0 aliphatic carbocycles. The number of aliphatic hydroxyl groups excluding tert-OH is 1. The summed E-state index contributed by atoms with van der Waals surface area (Å²) in [5, 5.41) is 14.9. The van der Waals surface area contributed by atoms with Gasteiger partial charge in [0.25, 0.3) is 0 Å². The first-order valence-electron chi connectivity index (χ1n) is 10.2. The largest absolute Gasteiger partial charge is 0.487 e. The molecule has 0 amide bonds. The molecule has 1 N–H and O–H groups in total. The Hall–Kier alpha value is -2.01. The van der Waals surface area contributed by atoms with Gasteiger partial charge >= 0.3 is 0 Å². The minimum atomic E-state index is 0.186. The molecule has 0 spiro atoms. The Balaban J connectivity index is 1.90. The second-order valence-corrected chi connectivity index (χ2v) is 8.72. The van der Waals surface area contributed by atoms with Crippen molar-refractivity contribution in [2.45, 2.75) is 52.6 Å². The van der Waals surface area contributed by atoms with Gasteiger partial charge < -0.3 is 9.84 Å². The third-order valence-electron chi connectivity index (χ3n) is 5.38. The Morgan fingerprint density at radius 3 is 2.37 bits per heavy atom. The molecule has 30 heavy (non-hydrogen) atoms. The summed E-state index contributed by atoms with van der Waals surface area (Å²) in [7, 11) is 0. The molecule has 0 saturated carbocycles. The minimum absolute atomic E-state index is 0.186. The van der Waals surface area contributed by atoms with Gasteiger partial charge in [-0.1, -0.05) is 56.1 Å². The molecular formula is C24H28Cl2N2O2. The average molecular weight is 447 g/mol. The second kappa shape index (κ2) is 9.86. The van der Waals surface area contributed by atoms with Crippen LogP contribution in [0.25, 0.3) is 5.69 Å². The molecule has 0 fully saturated rings. The molecule has 0 aliphatic heterocycles. The van der Waals surface area contributed by atoms with E-state index in [1.165, 1.54) is 5.56 Å². The standard InChI is InChI=1S/C24H28Cl2N2O2/c1-15(2)20-13-27-28(24-21(25)6-5-7-22(24)26)23(20)14-30-18-8-9-19(17(4)12-18)16(3)10-11-29/h5-9,12-13,15-16,29H,10-11,14H2,1-4H3. The topological polar surface area (TPSA) is 47.3 Å². The van der Waals surface area contributed by atoms with Crippen LogP contribution in [0.4, 0.5) is 0 Å².